The monoisotopic (exact) mass is 703 g/mol. The zero-order chi connectivity index (χ0) is 36.3. The number of fused-ring (bicyclic) bond motifs is 7. The topological polar surface area (TPSA) is 29.5 Å². The molecule has 0 aliphatic heterocycles. The summed E-state index contributed by atoms with van der Waals surface area (Å²) in [6, 6.07) is 70.7. The molecule has 0 fully saturated rings. The second-order valence-electron chi connectivity index (χ2n) is 14.0. The van der Waals surface area contributed by atoms with E-state index >= 15 is 0 Å². The van der Waals surface area contributed by atoms with Crippen LogP contribution in [0.2, 0.25) is 0 Å². The van der Waals surface area contributed by atoms with Crippen LogP contribution in [0.25, 0.3) is 88.0 Å². The summed E-state index contributed by atoms with van der Waals surface area (Å²) < 4.78 is 13.8. The van der Waals surface area contributed by atoms with Crippen LogP contribution in [-0.4, -0.2) is 0 Å². The van der Waals surface area contributed by atoms with Crippen LogP contribution in [0.15, 0.2) is 209 Å². The Hall–Kier alpha value is -7.36. The standard InChI is InChI=1S/C52H33NO2/c1-3-14-36(15-4-1)41-20-11-21-43-44-22-12-23-47(51(44)55-50(41)43)53(40-29-27-35(28-30-40)39-26-25-34-13-7-8-18-38(34)33-39)46-32-31-42(37-16-5-2-6-17-37)52-49(46)45-19-9-10-24-48(45)54-52/h1-33H. The Labute approximate surface area is 317 Å². The van der Waals surface area contributed by atoms with Crippen molar-refractivity contribution in [3.05, 3.63) is 200 Å². The number of hydrogen-bond donors (Lipinski definition) is 0. The Morgan fingerprint density at radius 1 is 0.327 bits per heavy atom. The summed E-state index contributed by atoms with van der Waals surface area (Å²) in [5.41, 5.74) is 13.1. The van der Waals surface area contributed by atoms with Crippen molar-refractivity contribution in [3.63, 3.8) is 0 Å². The van der Waals surface area contributed by atoms with Crippen LogP contribution in [0.5, 0.6) is 0 Å². The molecule has 0 bridgehead atoms. The van der Waals surface area contributed by atoms with E-state index < -0.39 is 0 Å². The highest BCUT2D eigenvalue weighted by Crippen LogP contribution is 2.49. The van der Waals surface area contributed by atoms with Gasteiger partial charge >= 0.3 is 0 Å². The summed E-state index contributed by atoms with van der Waals surface area (Å²) in [5, 5.41) is 6.73. The van der Waals surface area contributed by atoms with E-state index in [1.54, 1.807) is 0 Å². The first-order valence-corrected chi connectivity index (χ1v) is 18.7. The Bertz CT molecular complexity index is 3190. The van der Waals surface area contributed by atoms with Gasteiger partial charge in [-0.1, -0.05) is 158 Å². The minimum absolute atomic E-state index is 0.826. The van der Waals surface area contributed by atoms with Crippen LogP contribution in [-0.2, 0) is 0 Å². The maximum Gasteiger partial charge on any atom is 0.159 e. The summed E-state index contributed by atoms with van der Waals surface area (Å²) in [5.74, 6) is 0. The molecule has 3 nitrogen and oxygen atoms in total. The maximum absolute atomic E-state index is 7.04. The van der Waals surface area contributed by atoms with Gasteiger partial charge in [-0.15, -0.1) is 0 Å². The average Bonchev–Trinajstić information content (AvgIpc) is 3.84. The molecule has 0 aliphatic carbocycles. The quantitative estimate of drug-likeness (QED) is 0.173. The summed E-state index contributed by atoms with van der Waals surface area (Å²) in [6.07, 6.45) is 0. The van der Waals surface area contributed by atoms with Crippen molar-refractivity contribution in [1.82, 2.24) is 0 Å². The van der Waals surface area contributed by atoms with Gasteiger partial charge in [0.05, 0.1) is 16.8 Å². The highest BCUT2D eigenvalue weighted by atomic mass is 16.3. The molecular weight excluding hydrogens is 671 g/mol. The van der Waals surface area contributed by atoms with E-state index in [1.807, 2.05) is 18.2 Å². The lowest BCUT2D eigenvalue weighted by Crippen LogP contribution is -2.10. The van der Waals surface area contributed by atoms with Crippen molar-refractivity contribution >= 4 is 71.7 Å². The minimum Gasteiger partial charge on any atom is -0.455 e. The maximum atomic E-state index is 7.04. The van der Waals surface area contributed by atoms with E-state index in [0.717, 1.165) is 88.8 Å². The number of rotatable bonds is 6. The van der Waals surface area contributed by atoms with E-state index in [0.29, 0.717) is 0 Å². The van der Waals surface area contributed by atoms with E-state index in [1.165, 1.54) is 16.3 Å². The van der Waals surface area contributed by atoms with Crippen LogP contribution in [0.4, 0.5) is 17.1 Å². The largest absolute Gasteiger partial charge is 0.455 e. The SMILES string of the molecule is c1ccc(-c2cccc3c2oc2c(N(c4ccc(-c5ccc6ccccc6c5)cc4)c4ccc(-c5ccccc5)c5oc6ccccc6c45)cccc23)cc1. The van der Waals surface area contributed by atoms with E-state index in [-0.39, 0.29) is 0 Å². The molecule has 0 amide bonds. The Kier molecular flexibility index (Phi) is 7.17. The van der Waals surface area contributed by atoms with Crippen molar-refractivity contribution < 1.29 is 8.83 Å². The first kappa shape index (κ1) is 31.2. The predicted octanol–water partition coefficient (Wildman–Crippen LogP) is 15.1. The zero-order valence-corrected chi connectivity index (χ0v) is 29.8. The smallest absolute Gasteiger partial charge is 0.159 e. The molecule has 0 unspecified atom stereocenters. The van der Waals surface area contributed by atoms with Gasteiger partial charge in [0, 0.05) is 33.0 Å². The molecule has 0 N–H and O–H groups in total. The normalized spacial score (nSPS) is 11.6. The molecule has 11 rings (SSSR count). The van der Waals surface area contributed by atoms with Gasteiger partial charge in [0.25, 0.3) is 0 Å². The molecule has 2 heterocycles. The number of benzene rings is 9. The van der Waals surface area contributed by atoms with Gasteiger partial charge in [-0.05, 0) is 75.5 Å². The molecule has 0 radical (unpaired) electrons. The van der Waals surface area contributed by atoms with E-state index in [4.69, 9.17) is 8.83 Å². The third-order valence-electron chi connectivity index (χ3n) is 10.9. The fourth-order valence-corrected chi connectivity index (χ4v) is 8.25. The fraction of sp³-hybridized carbons (Fsp3) is 0. The molecule has 3 heteroatoms. The lowest BCUT2D eigenvalue weighted by molar-refractivity contribution is 0.669. The molecule has 9 aromatic carbocycles. The van der Waals surface area contributed by atoms with E-state index in [9.17, 15) is 0 Å². The van der Waals surface area contributed by atoms with Crippen LogP contribution in [0, 0.1) is 0 Å². The van der Waals surface area contributed by atoms with Crippen LogP contribution < -0.4 is 4.90 Å². The third kappa shape index (κ3) is 5.13. The molecule has 11 aromatic rings. The van der Waals surface area contributed by atoms with Crippen molar-refractivity contribution in [1.29, 1.82) is 0 Å². The molecular formula is C52H33NO2. The van der Waals surface area contributed by atoms with Gasteiger partial charge in [-0.25, -0.2) is 0 Å². The van der Waals surface area contributed by atoms with Crippen molar-refractivity contribution in [2.75, 3.05) is 4.90 Å². The van der Waals surface area contributed by atoms with Crippen molar-refractivity contribution in [2.24, 2.45) is 0 Å². The number of para-hydroxylation sites is 3. The second-order valence-corrected chi connectivity index (χ2v) is 14.0. The summed E-state index contributed by atoms with van der Waals surface area (Å²) >= 11 is 0. The van der Waals surface area contributed by atoms with Crippen LogP contribution in [0.3, 0.4) is 0 Å². The Balaban J connectivity index is 1.17. The first-order valence-electron chi connectivity index (χ1n) is 18.7. The van der Waals surface area contributed by atoms with Gasteiger partial charge in [0.2, 0.25) is 0 Å². The molecule has 55 heavy (non-hydrogen) atoms. The predicted molar refractivity (Wildman–Crippen MR) is 229 cm³/mol. The van der Waals surface area contributed by atoms with Gasteiger partial charge in [-0.2, -0.15) is 0 Å². The fourth-order valence-electron chi connectivity index (χ4n) is 8.25. The molecule has 2 aromatic heterocycles. The molecule has 258 valence electrons. The van der Waals surface area contributed by atoms with Gasteiger partial charge in [0.1, 0.15) is 16.7 Å². The van der Waals surface area contributed by atoms with E-state index in [2.05, 4.69) is 187 Å². The highest BCUT2D eigenvalue weighted by molar-refractivity contribution is 6.19. The van der Waals surface area contributed by atoms with Crippen LogP contribution >= 0.6 is 0 Å². The second kappa shape index (κ2) is 12.6. The van der Waals surface area contributed by atoms with Gasteiger partial charge in [0.15, 0.2) is 5.58 Å². The van der Waals surface area contributed by atoms with Crippen molar-refractivity contribution in [2.45, 2.75) is 0 Å². The molecule has 0 saturated carbocycles. The van der Waals surface area contributed by atoms with Crippen molar-refractivity contribution in [3.8, 4) is 33.4 Å². The van der Waals surface area contributed by atoms with Gasteiger partial charge in [-0.3, -0.25) is 0 Å². The summed E-state index contributed by atoms with van der Waals surface area (Å²) in [4.78, 5) is 2.34. The Morgan fingerprint density at radius 3 is 1.73 bits per heavy atom. The summed E-state index contributed by atoms with van der Waals surface area (Å²) in [7, 11) is 0. The Morgan fingerprint density at radius 2 is 0.945 bits per heavy atom. The lowest BCUT2D eigenvalue weighted by atomic mass is 9.99. The molecule has 0 atom stereocenters. The van der Waals surface area contributed by atoms with Crippen LogP contribution in [0.1, 0.15) is 0 Å². The minimum atomic E-state index is 0.826. The number of furan rings is 2. The van der Waals surface area contributed by atoms with Gasteiger partial charge < -0.3 is 13.7 Å². The molecule has 0 saturated heterocycles. The highest BCUT2D eigenvalue weighted by Gasteiger charge is 2.25. The zero-order valence-electron chi connectivity index (χ0n) is 29.8. The number of hydrogen-bond acceptors (Lipinski definition) is 3. The molecule has 0 aliphatic rings. The summed E-state index contributed by atoms with van der Waals surface area (Å²) in [6.45, 7) is 0. The molecule has 0 spiro atoms. The number of nitrogens with zero attached hydrogens (tertiary/aromatic N) is 1. The number of anilines is 3. The first-order chi connectivity index (χ1) is 27.3. The average molecular weight is 704 g/mol. The third-order valence-corrected chi connectivity index (χ3v) is 10.9. The lowest BCUT2D eigenvalue weighted by Gasteiger charge is -2.27.